The van der Waals surface area contributed by atoms with Gasteiger partial charge in [0.25, 0.3) is 0 Å². The summed E-state index contributed by atoms with van der Waals surface area (Å²) in [4.78, 5) is 0. The van der Waals surface area contributed by atoms with Crippen LogP contribution in [0, 0.1) is 0 Å². The highest BCUT2D eigenvalue weighted by Gasteiger charge is 2.12. The molecule has 3 heteroatoms. The summed E-state index contributed by atoms with van der Waals surface area (Å²) in [7, 11) is 0. The van der Waals surface area contributed by atoms with Gasteiger partial charge in [-0.1, -0.05) is 58.8 Å². The van der Waals surface area contributed by atoms with Crippen molar-refractivity contribution in [3.8, 4) is 11.3 Å². The molecule has 0 radical (unpaired) electrons. The first-order valence-corrected chi connectivity index (χ1v) is 7.32. The highest BCUT2D eigenvalue weighted by molar-refractivity contribution is 5.61. The zero-order chi connectivity index (χ0) is 15.2. The Hall–Kier alpha value is -2.16. The monoisotopic (exact) mass is 281 g/mol. The van der Waals surface area contributed by atoms with Crippen LogP contribution < -0.4 is 0 Å². The molecular formula is C18H23N3. The van der Waals surface area contributed by atoms with Gasteiger partial charge in [0.15, 0.2) is 0 Å². The third kappa shape index (κ3) is 4.15. The molecule has 110 valence electrons. The third-order valence-electron chi connectivity index (χ3n) is 3.26. The van der Waals surface area contributed by atoms with Crippen molar-refractivity contribution in [2.24, 2.45) is 0 Å². The van der Waals surface area contributed by atoms with E-state index in [0.717, 1.165) is 24.2 Å². The first kappa shape index (κ1) is 15.2. The maximum Gasteiger partial charge on any atom is 0.116 e. The second-order valence-corrected chi connectivity index (χ2v) is 5.70. The lowest BCUT2D eigenvalue weighted by Gasteiger charge is -2.05. The molecule has 0 amide bonds. The van der Waals surface area contributed by atoms with Gasteiger partial charge in [-0.2, -0.15) is 0 Å². The van der Waals surface area contributed by atoms with Crippen molar-refractivity contribution in [3.05, 3.63) is 59.3 Å². The van der Waals surface area contributed by atoms with E-state index >= 15 is 0 Å². The van der Waals surface area contributed by atoms with Crippen LogP contribution in [0.3, 0.4) is 0 Å². The molecule has 3 nitrogen and oxygen atoms in total. The van der Waals surface area contributed by atoms with Gasteiger partial charge >= 0.3 is 0 Å². The van der Waals surface area contributed by atoms with Crippen molar-refractivity contribution < 1.29 is 0 Å². The van der Waals surface area contributed by atoms with Gasteiger partial charge in [0, 0.05) is 12.0 Å². The molecule has 0 unspecified atom stereocenters. The quantitative estimate of drug-likeness (QED) is 0.759. The number of nitrogens with zero attached hydrogens (tertiary/aromatic N) is 3. The minimum Gasteiger partial charge on any atom is -0.245 e. The fourth-order valence-corrected chi connectivity index (χ4v) is 2.07. The van der Waals surface area contributed by atoms with Gasteiger partial charge in [0.2, 0.25) is 0 Å². The molecular weight excluding hydrogens is 258 g/mol. The van der Waals surface area contributed by atoms with E-state index in [0.29, 0.717) is 0 Å². The summed E-state index contributed by atoms with van der Waals surface area (Å²) in [5.41, 5.74) is 5.87. The van der Waals surface area contributed by atoms with E-state index < -0.39 is 0 Å². The normalized spacial score (nSPS) is 10.3. The maximum atomic E-state index is 4.40. The van der Waals surface area contributed by atoms with Crippen molar-refractivity contribution in [1.29, 1.82) is 0 Å². The summed E-state index contributed by atoms with van der Waals surface area (Å²) < 4.78 is 1.99. The van der Waals surface area contributed by atoms with E-state index in [1.165, 1.54) is 16.8 Å². The van der Waals surface area contributed by atoms with Gasteiger partial charge < -0.3 is 0 Å². The van der Waals surface area contributed by atoms with Gasteiger partial charge in [-0.05, 0) is 27.7 Å². The lowest BCUT2D eigenvalue weighted by molar-refractivity contribution is 0.635. The van der Waals surface area contributed by atoms with E-state index in [-0.39, 0.29) is 0 Å². The molecule has 0 spiro atoms. The standard InChI is InChI=1S/C18H23N3/c1-14(2)10-11-17-18(16-8-6-5-7-9-16)19-20-21(17)13-12-15(3)4/h5-10,12H,11,13H2,1-4H3. The Morgan fingerprint density at radius 2 is 1.67 bits per heavy atom. The lowest BCUT2D eigenvalue weighted by Crippen LogP contribution is -2.04. The fraction of sp³-hybridized carbons (Fsp3) is 0.333. The van der Waals surface area contributed by atoms with Crippen LogP contribution in [0.1, 0.15) is 33.4 Å². The molecule has 0 bridgehead atoms. The Morgan fingerprint density at radius 3 is 2.29 bits per heavy atom. The summed E-state index contributed by atoms with van der Waals surface area (Å²) in [6.07, 6.45) is 5.26. The van der Waals surface area contributed by atoms with Crippen LogP contribution in [0.5, 0.6) is 0 Å². The van der Waals surface area contributed by atoms with Crippen molar-refractivity contribution >= 4 is 0 Å². The maximum absolute atomic E-state index is 4.40. The molecule has 0 aliphatic carbocycles. The highest BCUT2D eigenvalue weighted by Crippen LogP contribution is 2.22. The third-order valence-corrected chi connectivity index (χ3v) is 3.26. The molecule has 0 fully saturated rings. The zero-order valence-electron chi connectivity index (χ0n) is 13.3. The largest absolute Gasteiger partial charge is 0.245 e. The Morgan fingerprint density at radius 1 is 1.00 bits per heavy atom. The van der Waals surface area contributed by atoms with Crippen LogP contribution in [-0.2, 0) is 13.0 Å². The van der Waals surface area contributed by atoms with Crippen LogP contribution in [0.15, 0.2) is 53.6 Å². The van der Waals surface area contributed by atoms with Gasteiger partial charge in [0.05, 0.1) is 12.2 Å². The van der Waals surface area contributed by atoms with Crippen molar-refractivity contribution in [1.82, 2.24) is 15.0 Å². The van der Waals surface area contributed by atoms with Crippen LogP contribution in [0.2, 0.25) is 0 Å². The van der Waals surface area contributed by atoms with Gasteiger partial charge in [-0.15, -0.1) is 5.10 Å². The summed E-state index contributed by atoms with van der Waals surface area (Å²) >= 11 is 0. The molecule has 1 heterocycles. The number of allylic oxidation sites excluding steroid dienone is 4. The van der Waals surface area contributed by atoms with Gasteiger partial charge in [-0.25, -0.2) is 4.68 Å². The van der Waals surface area contributed by atoms with E-state index in [1.54, 1.807) is 0 Å². The predicted molar refractivity (Wildman–Crippen MR) is 88.0 cm³/mol. The number of aromatic nitrogens is 3. The fourth-order valence-electron chi connectivity index (χ4n) is 2.07. The lowest BCUT2D eigenvalue weighted by atomic mass is 10.1. The van der Waals surface area contributed by atoms with E-state index in [4.69, 9.17) is 0 Å². The number of benzene rings is 1. The zero-order valence-corrected chi connectivity index (χ0v) is 13.3. The van der Waals surface area contributed by atoms with Gasteiger partial charge in [-0.3, -0.25) is 0 Å². The number of hydrogen-bond acceptors (Lipinski definition) is 2. The van der Waals surface area contributed by atoms with Crippen LogP contribution in [0.25, 0.3) is 11.3 Å². The Balaban J connectivity index is 2.41. The molecule has 0 aliphatic heterocycles. The van der Waals surface area contributed by atoms with Crippen molar-refractivity contribution in [3.63, 3.8) is 0 Å². The first-order valence-electron chi connectivity index (χ1n) is 7.32. The average molecular weight is 281 g/mol. The summed E-state index contributed by atoms with van der Waals surface area (Å²) in [5, 5.41) is 8.73. The van der Waals surface area contributed by atoms with Crippen LogP contribution in [-0.4, -0.2) is 15.0 Å². The van der Waals surface area contributed by atoms with Gasteiger partial charge in [0.1, 0.15) is 5.69 Å². The van der Waals surface area contributed by atoms with Crippen molar-refractivity contribution in [2.45, 2.75) is 40.7 Å². The summed E-state index contributed by atoms with van der Waals surface area (Å²) in [6, 6.07) is 10.3. The summed E-state index contributed by atoms with van der Waals surface area (Å²) in [5.74, 6) is 0. The topological polar surface area (TPSA) is 30.7 Å². The van der Waals surface area contributed by atoms with Crippen molar-refractivity contribution in [2.75, 3.05) is 0 Å². The van der Waals surface area contributed by atoms with E-state index in [9.17, 15) is 0 Å². The first-order chi connectivity index (χ1) is 10.1. The van der Waals surface area contributed by atoms with Crippen LogP contribution >= 0.6 is 0 Å². The molecule has 0 atom stereocenters. The SMILES string of the molecule is CC(C)=CCc1c(-c2ccccc2)nnn1CC=C(C)C. The minimum atomic E-state index is 0.772. The molecule has 1 aromatic carbocycles. The minimum absolute atomic E-state index is 0.772. The second kappa shape index (κ2) is 7.02. The van der Waals surface area contributed by atoms with E-state index in [1.807, 2.05) is 22.9 Å². The number of hydrogen-bond donors (Lipinski definition) is 0. The molecule has 1 aromatic heterocycles. The highest BCUT2D eigenvalue weighted by atomic mass is 15.4. The Kier molecular flexibility index (Phi) is 5.09. The molecule has 2 rings (SSSR count). The smallest absolute Gasteiger partial charge is 0.116 e. The Labute approximate surface area is 127 Å². The molecule has 0 N–H and O–H groups in total. The van der Waals surface area contributed by atoms with Crippen LogP contribution in [0.4, 0.5) is 0 Å². The molecule has 0 saturated carbocycles. The predicted octanol–water partition coefficient (Wildman–Crippen LogP) is 4.42. The second-order valence-electron chi connectivity index (χ2n) is 5.70. The molecule has 21 heavy (non-hydrogen) atoms. The Bertz CT molecular complexity index is 640. The summed E-state index contributed by atoms with van der Waals surface area (Å²) in [6.45, 7) is 9.21. The average Bonchev–Trinajstić information content (AvgIpc) is 2.86. The van der Waals surface area contributed by atoms with E-state index in [2.05, 4.69) is 62.3 Å². The molecule has 2 aromatic rings. The molecule has 0 saturated heterocycles. The molecule has 0 aliphatic rings. The number of rotatable bonds is 5.